The summed E-state index contributed by atoms with van der Waals surface area (Å²) in [6, 6.07) is 20.7. The van der Waals surface area contributed by atoms with Gasteiger partial charge in [-0.2, -0.15) is 9.67 Å². The van der Waals surface area contributed by atoms with Crippen LogP contribution >= 0.6 is 0 Å². The number of methoxy groups -OCH3 is 1. The van der Waals surface area contributed by atoms with Gasteiger partial charge in [0.15, 0.2) is 5.82 Å². The smallest absolute Gasteiger partial charge is 0.281 e. The number of halogens is 1. The fourth-order valence-electron chi connectivity index (χ4n) is 3.11. The van der Waals surface area contributed by atoms with Crippen LogP contribution in [0.2, 0.25) is 0 Å². The molecule has 31 heavy (non-hydrogen) atoms. The first kappa shape index (κ1) is 20.3. The molecule has 0 spiro atoms. The highest BCUT2D eigenvalue weighted by Crippen LogP contribution is 2.22. The number of aromatic nitrogens is 3. The maximum absolute atomic E-state index is 13.2. The van der Waals surface area contributed by atoms with Crippen molar-refractivity contribution in [1.29, 1.82) is 0 Å². The SMILES string of the molecule is COc1ccc(-c2nc(NCc3ccc(F)cc3)n(C(=O)c3cccc(C)c3)n2)cc1. The van der Waals surface area contributed by atoms with Gasteiger partial charge in [0.25, 0.3) is 5.91 Å². The van der Waals surface area contributed by atoms with Crippen LogP contribution in [-0.2, 0) is 6.54 Å². The molecule has 156 valence electrons. The van der Waals surface area contributed by atoms with Crippen LogP contribution in [0.1, 0.15) is 21.5 Å². The Kier molecular flexibility index (Phi) is 5.75. The predicted molar refractivity (Wildman–Crippen MR) is 117 cm³/mol. The second kappa shape index (κ2) is 8.79. The number of nitrogens with one attached hydrogen (secondary N) is 1. The molecule has 0 aliphatic carbocycles. The minimum absolute atomic E-state index is 0.294. The zero-order valence-corrected chi connectivity index (χ0v) is 17.2. The molecule has 0 saturated carbocycles. The van der Waals surface area contributed by atoms with Crippen molar-refractivity contribution in [2.75, 3.05) is 12.4 Å². The Morgan fingerprint density at radius 2 is 1.81 bits per heavy atom. The lowest BCUT2D eigenvalue weighted by Crippen LogP contribution is -2.17. The Morgan fingerprint density at radius 1 is 1.06 bits per heavy atom. The van der Waals surface area contributed by atoms with Crippen LogP contribution in [0.5, 0.6) is 5.75 Å². The summed E-state index contributed by atoms with van der Waals surface area (Å²) in [7, 11) is 1.60. The zero-order valence-electron chi connectivity index (χ0n) is 17.2. The van der Waals surface area contributed by atoms with E-state index in [1.807, 2.05) is 43.3 Å². The fraction of sp³-hybridized carbons (Fsp3) is 0.125. The van der Waals surface area contributed by atoms with Crippen LogP contribution in [0.25, 0.3) is 11.4 Å². The minimum atomic E-state index is -0.302. The number of aryl methyl sites for hydroxylation is 1. The van der Waals surface area contributed by atoms with E-state index in [0.717, 1.165) is 16.7 Å². The Bertz CT molecular complexity index is 1200. The Balaban J connectivity index is 1.68. The molecule has 1 N–H and O–H groups in total. The van der Waals surface area contributed by atoms with Crippen LogP contribution in [0, 0.1) is 12.7 Å². The van der Waals surface area contributed by atoms with Crippen molar-refractivity contribution in [3.63, 3.8) is 0 Å². The van der Waals surface area contributed by atoms with Gasteiger partial charge in [0.2, 0.25) is 5.95 Å². The number of anilines is 1. The molecule has 3 aromatic carbocycles. The van der Waals surface area contributed by atoms with Crippen LogP contribution in [0.15, 0.2) is 72.8 Å². The summed E-state index contributed by atoms with van der Waals surface area (Å²) in [5.74, 6) is 0.835. The van der Waals surface area contributed by atoms with Gasteiger partial charge in [-0.3, -0.25) is 4.79 Å². The van der Waals surface area contributed by atoms with Gasteiger partial charge in [0, 0.05) is 17.7 Å². The van der Waals surface area contributed by atoms with E-state index in [9.17, 15) is 9.18 Å². The third-order valence-electron chi connectivity index (χ3n) is 4.78. The first-order valence-corrected chi connectivity index (χ1v) is 9.74. The second-order valence-electron chi connectivity index (χ2n) is 7.05. The Labute approximate surface area is 179 Å². The maximum atomic E-state index is 13.2. The molecular formula is C24H21FN4O2. The lowest BCUT2D eigenvalue weighted by molar-refractivity contribution is 0.0947. The fourth-order valence-corrected chi connectivity index (χ4v) is 3.11. The third kappa shape index (κ3) is 4.61. The van der Waals surface area contributed by atoms with Crippen molar-refractivity contribution in [3.8, 4) is 17.1 Å². The van der Waals surface area contributed by atoms with Gasteiger partial charge >= 0.3 is 0 Å². The van der Waals surface area contributed by atoms with Gasteiger partial charge < -0.3 is 10.1 Å². The molecule has 0 bridgehead atoms. The zero-order chi connectivity index (χ0) is 21.8. The van der Waals surface area contributed by atoms with E-state index in [1.165, 1.54) is 16.8 Å². The largest absolute Gasteiger partial charge is 0.497 e. The number of carbonyl (C=O) groups excluding carboxylic acids is 1. The van der Waals surface area contributed by atoms with E-state index in [0.29, 0.717) is 29.6 Å². The number of carbonyl (C=O) groups is 1. The molecule has 4 aromatic rings. The predicted octanol–water partition coefficient (Wildman–Crippen LogP) is 4.70. The summed E-state index contributed by atoms with van der Waals surface area (Å²) in [6.45, 7) is 2.29. The molecule has 0 atom stereocenters. The normalized spacial score (nSPS) is 10.7. The van der Waals surface area contributed by atoms with Gasteiger partial charge in [-0.25, -0.2) is 4.39 Å². The number of ether oxygens (including phenoxy) is 1. The molecule has 0 fully saturated rings. The second-order valence-corrected chi connectivity index (χ2v) is 7.05. The molecule has 7 heteroatoms. The van der Waals surface area contributed by atoms with Gasteiger partial charge in [-0.1, -0.05) is 29.8 Å². The number of hydrogen-bond acceptors (Lipinski definition) is 5. The first-order chi connectivity index (χ1) is 15.0. The van der Waals surface area contributed by atoms with Crippen molar-refractivity contribution in [3.05, 3.63) is 95.3 Å². The van der Waals surface area contributed by atoms with E-state index in [1.54, 1.807) is 31.4 Å². The van der Waals surface area contributed by atoms with Gasteiger partial charge in [0.1, 0.15) is 11.6 Å². The van der Waals surface area contributed by atoms with Crippen molar-refractivity contribution >= 4 is 11.9 Å². The number of rotatable bonds is 6. The third-order valence-corrected chi connectivity index (χ3v) is 4.78. The standard InChI is InChI=1S/C24H21FN4O2/c1-16-4-3-5-19(14-16)23(30)29-24(26-15-17-6-10-20(25)11-7-17)27-22(28-29)18-8-12-21(31-2)13-9-18/h3-14H,15H2,1-2H3,(H,26,27,28). The topological polar surface area (TPSA) is 69.0 Å². The van der Waals surface area contributed by atoms with E-state index < -0.39 is 0 Å². The van der Waals surface area contributed by atoms with Crippen molar-refractivity contribution in [2.45, 2.75) is 13.5 Å². The molecule has 1 aromatic heterocycles. The molecule has 0 aliphatic rings. The average molecular weight is 416 g/mol. The number of benzene rings is 3. The van der Waals surface area contributed by atoms with E-state index >= 15 is 0 Å². The quantitative estimate of drug-likeness (QED) is 0.493. The molecule has 4 rings (SSSR count). The number of hydrogen-bond donors (Lipinski definition) is 1. The highest BCUT2D eigenvalue weighted by molar-refractivity contribution is 5.97. The number of nitrogens with zero attached hydrogens (tertiary/aromatic N) is 3. The van der Waals surface area contributed by atoms with Gasteiger partial charge in [-0.05, 0) is 61.0 Å². The summed E-state index contributed by atoms with van der Waals surface area (Å²) >= 11 is 0. The van der Waals surface area contributed by atoms with E-state index in [4.69, 9.17) is 4.74 Å². The monoisotopic (exact) mass is 416 g/mol. The van der Waals surface area contributed by atoms with Crippen LogP contribution in [0.3, 0.4) is 0 Å². The molecule has 6 nitrogen and oxygen atoms in total. The molecular weight excluding hydrogens is 395 g/mol. The first-order valence-electron chi connectivity index (χ1n) is 9.74. The summed E-state index contributed by atoms with van der Waals surface area (Å²) in [6.07, 6.45) is 0. The van der Waals surface area contributed by atoms with Gasteiger partial charge in [-0.15, -0.1) is 5.10 Å². The van der Waals surface area contributed by atoms with Crippen LogP contribution < -0.4 is 10.1 Å². The lowest BCUT2D eigenvalue weighted by Gasteiger charge is -2.08. The highest BCUT2D eigenvalue weighted by atomic mass is 19.1. The Hall–Kier alpha value is -4.00. The molecule has 1 heterocycles. The summed E-state index contributed by atoms with van der Waals surface area (Å²) in [5.41, 5.74) is 3.09. The average Bonchev–Trinajstić information content (AvgIpc) is 3.22. The maximum Gasteiger partial charge on any atom is 0.281 e. The highest BCUT2D eigenvalue weighted by Gasteiger charge is 2.19. The van der Waals surface area contributed by atoms with Gasteiger partial charge in [0.05, 0.1) is 7.11 Å². The molecule has 0 amide bonds. The van der Waals surface area contributed by atoms with Crippen molar-refractivity contribution in [2.24, 2.45) is 0 Å². The van der Waals surface area contributed by atoms with E-state index in [-0.39, 0.29) is 11.7 Å². The Morgan fingerprint density at radius 3 is 2.48 bits per heavy atom. The molecule has 0 radical (unpaired) electrons. The molecule has 0 aliphatic heterocycles. The minimum Gasteiger partial charge on any atom is -0.497 e. The lowest BCUT2D eigenvalue weighted by atomic mass is 10.1. The molecule has 0 unspecified atom stereocenters. The molecule has 0 saturated heterocycles. The summed E-state index contributed by atoms with van der Waals surface area (Å²) in [5, 5.41) is 7.61. The van der Waals surface area contributed by atoms with Crippen LogP contribution in [-0.4, -0.2) is 27.8 Å². The van der Waals surface area contributed by atoms with Crippen LogP contribution in [0.4, 0.5) is 10.3 Å². The van der Waals surface area contributed by atoms with Crippen molar-refractivity contribution in [1.82, 2.24) is 14.8 Å². The summed E-state index contributed by atoms with van der Waals surface area (Å²) < 4.78 is 19.6. The van der Waals surface area contributed by atoms with E-state index in [2.05, 4.69) is 15.4 Å². The summed E-state index contributed by atoms with van der Waals surface area (Å²) in [4.78, 5) is 17.7. The van der Waals surface area contributed by atoms with Crippen molar-refractivity contribution < 1.29 is 13.9 Å².